The van der Waals surface area contributed by atoms with E-state index in [-0.39, 0.29) is 5.91 Å². The van der Waals surface area contributed by atoms with Crippen LogP contribution in [0.4, 0.5) is 5.69 Å². The van der Waals surface area contributed by atoms with Gasteiger partial charge in [0.2, 0.25) is 17.6 Å². The van der Waals surface area contributed by atoms with Gasteiger partial charge in [-0.1, -0.05) is 40.5 Å². The molecule has 0 radical (unpaired) electrons. The van der Waals surface area contributed by atoms with Gasteiger partial charge < -0.3 is 9.84 Å². The molecule has 3 aromatic rings. The number of benzene rings is 1. The molecule has 0 saturated carbocycles. The smallest absolute Gasteiger partial charge is 0.226 e. The summed E-state index contributed by atoms with van der Waals surface area (Å²) in [5.41, 5.74) is 0.506. The van der Waals surface area contributed by atoms with Crippen molar-refractivity contribution in [3.05, 3.63) is 51.6 Å². The molecular weight excluding hydrogens is 369 g/mol. The van der Waals surface area contributed by atoms with E-state index in [1.807, 2.05) is 17.5 Å². The molecule has 1 amide bonds. The highest BCUT2D eigenvalue weighted by Crippen LogP contribution is 2.29. The van der Waals surface area contributed by atoms with E-state index in [0.29, 0.717) is 46.7 Å². The molecule has 0 spiro atoms. The maximum atomic E-state index is 12.0. The summed E-state index contributed by atoms with van der Waals surface area (Å²) < 4.78 is 5.20. The second-order valence-corrected chi connectivity index (χ2v) is 6.72. The Kier molecular flexibility index (Phi) is 5.50. The Morgan fingerprint density at radius 2 is 2.12 bits per heavy atom. The summed E-state index contributed by atoms with van der Waals surface area (Å²) in [4.78, 5) is 17.3. The van der Waals surface area contributed by atoms with Crippen molar-refractivity contribution in [2.75, 3.05) is 5.32 Å². The van der Waals surface area contributed by atoms with Crippen LogP contribution < -0.4 is 5.32 Å². The number of rotatable bonds is 6. The van der Waals surface area contributed by atoms with E-state index in [2.05, 4.69) is 15.5 Å². The molecule has 0 aliphatic carbocycles. The molecule has 2 aromatic heterocycles. The molecule has 0 saturated heterocycles. The molecule has 1 aromatic carbocycles. The van der Waals surface area contributed by atoms with E-state index in [9.17, 15) is 4.79 Å². The number of carbonyl (C=O) groups excluding carboxylic acids is 1. The Morgan fingerprint density at radius 1 is 1.25 bits per heavy atom. The number of anilines is 1. The molecule has 2 heterocycles. The zero-order chi connectivity index (χ0) is 16.9. The summed E-state index contributed by atoms with van der Waals surface area (Å²) in [6, 6.07) is 8.97. The molecule has 0 aliphatic heterocycles. The Balaban J connectivity index is 1.49. The standard InChI is InChI=1S/C16H13Cl2N3O2S/c17-10-4-1-5-11(15(10)18)19-13(22)7-2-8-14-20-16(21-23-14)12-6-3-9-24-12/h1,3-6,9H,2,7-8H2,(H,19,22). The van der Waals surface area contributed by atoms with Gasteiger partial charge in [-0.3, -0.25) is 4.79 Å². The van der Waals surface area contributed by atoms with Crippen LogP contribution in [0.3, 0.4) is 0 Å². The minimum atomic E-state index is -0.142. The van der Waals surface area contributed by atoms with Crippen molar-refractivity contribution in [1.82, 2.24) is 10.1 Å². The first-order valence-corrected chi connectivity index (χ1v) is 8.87. The van der Waals surface area contributed by atoms with Gasteiger partial charge >= 0.3 is 0 Å². The molecule has 24 heavy (non-hydrogen) atoms. The quantitative estimate of drug-likeness (QED) is 0.647. The summed E-state index contributed by atoms with van der Waals surface area (Å²) >= 11 is 13.5. The number of thiophene rings is 1. The normalized spacial score (nSPS) is 10.8. The van der Waals surface area contributed by atoms with Gasteiger partial charge in [-0.05, 0) is 30.0 Å². The molecule has 0 atom stereocenters. The zero-order valence-corrected chi connectivity index (χ0v) is 14.8. The van der Waals surface area contributed by atoms with Crippen LogP contribution in [0, 0.1) is 0 Å². The van der Waals surface area contributed by atoms with Gasteiger partial charge in [0.15, 0.2) is 0 Å². The molecule has 0 fully saturated rings. The fourth-order valence-corrected chi connectivity index (χ4v) is 3.07. The molecule has 0 aliphatic rings. The summed E-state index contributed by atoms with van der Waals surface area (Å²) in [6.45, 7) is 0. The third kappa shape index (κ3) is 4.14. The van der Waals surface area contributed by atoms with Gasteiger partial charge in [0.1, 0.15) is 0 Å². The van der Waals surface area contributed by atoms with Gasteiger partial charge in [0.25, 0.3) is 0 Å². The van der Waals surface area contributed by atoms with Crippen LogP contribution in [0.2, 0.25) is 10.0 Å². The summed E-state index contributed by atoms with van der Waals surface area (Å²) in [6.07, 6.45) is 1.45. The lowest BCUT2D eigenvalue weighted by Crippen LogP contribution is -2.11. The van der Waals surface area contributed by atoms with Gasteiger partial charge in [-0.15, -0.1) is 11.3 Å². The van der Waals surface area contributed by atoms with Crippen molar-refractivity contribution in [1.29, 1.82) is 0 Å². The van der Waals surface area contributed by atoms with Crippen molar-refractivity contribution in [2.24, 2.45) is 0 Å². The minimum absolute atomic E-state index is 0.142. The van der Waals surface area contributed by atoms with E-state index in [4.69, 9.17) is 27.7 Å². The van der Waals surface area contributed by atoms with Crippen molar-refractivity contribution in [2.45, 2.75) is 19.3 Å². The first kappa shape index (κ1) is 17.0. The molecule has 1 N–H and O–H groups in total. The Hall–Kier alpha value is -1.89. The summed E-state index contributed by atoms with van der Waals surface area (Å²) in [5.74, 6) is 0.958. The number of amides is 1. The number of nitrogens with one attached hydrogen (secondary N) is 1. The van der Waals surface area contributed by atoms with Gasteiger partial charge in [-0.2, -0.15) is 4.98 Å². The fraction of sp³-hybridized carbons (Fsp3) is 0.188. The lowest BCUT2D eigenvalue weighted by Gasteiger charge is -2.07. The number of nitrogens with zero attached hydrogens (tertiary/aromatic N) is 2. The Labute approximate surface area is 152 Å². The van der Waals surface area contributed by atoms with Gasteiger partial charge in [0, 0.05) is 12.8 Å². The second kappa shape index (κ2) is 7.79. The van der Waals surface area contributed by atoms with E-state index >= 15 is 0 Å². The molecule has 3 rings (SSSR count). The van der Waals surface area contributed by atoms with Crippen molar-refractivity contribution in [3.63, 3.8) is 0 Å². The van der Waals surface area contributed by atoms with Crippen LogP contribution in [-0.2, 0) is 11.2 Å². The van der Waals surface area contributed by atoms with E-state index in [1.54, 1.807) is 29.5 Å². The predicted molar refractivity (Wildman–Crippen MR) is 95.6 cm³/mol. The van der Waals surface area contributed by atoms with Crippen LogP contribution in [-0.4, -0.2) is 16.0 Å². The van der Waals surface area contributed by atoms with E-state index in [1.165, 1.54) is 0 Å². The Bertz CT molecular complexity index is 834. The third-order valence-corrected chi connectivity index (χ3v) is 4.91. The average Bonchev–Trinajstić information content (AvgIpc) is 3.23. The van der Waals surface area contributed by atoms with Crippen LogP contribution >= 0.6 is 34.5 Å². The van der Waals surface area contributed by atoms with E-state index < -0.39 is 0 Å². The van der Waals surface area contributed by atoms with E-state index in [0.717, 1.165) is 4.88 Å². The van der Waals surface area contributed by atoms with Gasteiger partial charge in [0.05, 0.1) is 20.6 Å². The number of hydrogen-bond donors (Lipinski definition) is 1. The molecule has 5 nitrogen and oxygen atoms in total. The number of hydrogen-bond acceptors (Lipinski definition) is 5. The Morgan fingerprint density at radius 3 is 2.92 bits per heavy atom. The molecule has 0 unspecified atom stereocenters. The largest absolute Gasteiger partial charge is 0.339 e. The fourth-order valence-electron chi connectivity index (χ4n) is 2.08. The summed E-state index contributed by atoms with van der Waals surface area (Å²) in [5, 5.41) is 9.38. The number of carbonyl (C=O) groups is 1. The highest BCUT2D eigenvalue weighted by atomic mass is 35.5. The number of aromatic nitrogens is 2. The first-order valence-electron chi connectivity index (χ1n) is 7.24. The molecule has 0 bridgehead atoms. The number of aryl methyl sites for hydroxylation is 1. The van der Waals surface area contributed by atoms with Crippen molar-refractivity contribution >= 4 is 46.1 Å². The third-order valence-electron chi connectivity index (χ3n) is 3.23. The molecule has 124 valence electrons. The molecular formula is C16H13Cl2N3O2S. The topological polar surface area (TPSA) is 68.0 Å². The highest BCUT2D eigenvalue weighted by molar-refractivity contribution is 7.13. The van der Waals surface area contributed by atoms with Crippen LogP contribution in [0.5, 0.6) is 0 Å². The lowest BCUT2D eigenvalue weighted by molar-refractivity contribution is -0.116. The maximum absolute atomic E-state index is 12.0. The van der Waals surface area contributed by atoms with Crippen molar-refractivity contribution < 1.29 is 9.32 Å². The van der Waals surface area contributed by atoms with Crippen LogP contribution in [0.15, 0.2) is 40.2 Å². The maximum Gasteiger partial charge on any atom is 0.226 e. The van der Waals surface area contributed by atoms with Crippen LogP contribution in [0.25, 0.3) is 10.7 Å². The molecule has 8 heteroatoms. The zero-order valence-electron chi connectivity index (χ0n) is 12.5. The number of halogens is 2. The average molecular weight is 382 g/mol. The van der Waals surface area contributed by atoms with Gasteiger partial charge in [-0.25, -0.2) is 0 Å². The lowest BCUT2D eigenvalue weighted by atomic mass is 10.2. The second-order valence-electron chi connectivity index (χ2n) is 4.99. The van der Waals surface area contributed by atoms with Crippen molar-refractivity contribution in [3.8, 4) is 10.7 Å². The van der Waals surface area contributed by atoms with Crippen LogP contribution in [0.1, 0.15) is 18.7 Å². The minimum Gasteiger partial charge on any atom is -0.339 e. The SMILES string of the molecule is O=C(CCCc1nc(-c2cccs2)no1)Nc1cccc(Cl)c1Cl. The predicted octanol–water partition coefficient (Wildman–Crippen LogP) is 5.07. The summed E-state index contributed by atoms with van der Waals surface area (Å²) in [7, 11) is 0. The first-order chi connectivity index (χ1) is 11.6. The monoisotopic (exact) mass is 381 g/mol. The highest BCUT2D eigenvalue weighted by Gasteiger charge is 2.11.